The summed E-state index contributed by atoms with van der Waals surface area (Å²) in [5.74, 6) is -2.79. The number of esters is 2. The molecular weight excluding hydrogens is 1010 g/mol. The normalized spacial score (nSPS) is 7.21. The third kappa shape index (κ3) is 398. The van der Waals surface area contributed by atoms with Crippen molar-refractivity contribution in [3.8, 4) is 0 Å². The smallest absolute Gasteiger partial charge is 0.0741 e. The second-order valence-electron chi connectivity index (χ2n) is 4.73. The summed E-state index contributed by atoms with van der Waals surface area (Å²) in [5.41, 5.74) is 26.5. The van der Waals surface area contributed by atoms with Crippen molar-refractivity contribution in [3.63, 3.8) is 0 Å². The minimum atomic E-state index is -0.833. The largest absolute Gasteiger partial charge is 0.677 e. The van der Waals surface area contributed by atoms with E-state index in [-0.39, 0.29) is 16.3 Å². The summed E-state index contributed by atoms with van der Waals surface area (Å²) in [6, 6.07) is 0. The van der Waals surface area contributed by atoms with Crippen molar-refractivity contribution in [1.29, 1.82) is 0 Å². The third-order valence-corrected chi connectivity index (χ3v) is 1.49. The summed E-state index contributed by atoms with van der Waals surface area (Å²) in [6.07, 6.45) is 3.57. The molecule has 0 radical (unpaired) electrons. The van der Waals surface area contributed by atoms with Crippen molar-refractivity contribution < 1.29 is 78.0 Å². The Bertz CT molecular complexity index is 379. The molecule has 0 atom stereocenters. The number of nitrogens with one attached hydrogen (secondary N) is 4. The van der Waals surface area contributed by atoms with E-state index in [1.54, 1.807) is 0 Å². The van der Waals surface area contributed by atoms with Gasteiger partial charge in [0.05, 0.1) is 5.34 Å². The number of carbonyl (C=O) groups excluding carboxylic acids is 2. The van der Waals surface area contributed by atoms with Gasteiger partial charge in [-0.05, 0) is 0 Å². The average Bonchev–Trinajstić information content (AvgIpc) is 2.71. The first-order valence-corrected chi connectivity index (χ1v) is 21.4. The van der Waals surface area contributed by atoms with Crippen molar-refractivity contribution in [2.45, 2.75) is 53.4 Å². The molecule has 0 rings (SSSR count). The van der Waals surface area contributed by atoms with Crippen LogP contribution in [-0.2, 0) is 56.9 Å². The van der Waals surface area contributed by atoms with E-state index in [1.807, 2.05) is 0 Å². The van der Waals surface area contributed by atoms with Gasteiger partial charge in [-0.1, -0.05) is 25.7 Å². The Balaban J connectivity index is -0.0000000299. The molecule has 0 spiro atoms. The zero-order valence-corrected chi connectivity index (χ0v) is 30.3. The fourth-order valence-corrected chi connectivity index (χ4v) is 0.702. The van der Waals surface area contributed by atoms with Crippen molar-refractivity contribution in [1.82, 2.24) is 0 Å². The molecule has 0 fully saturated rings. The number of rotatable bonds is 6. The van der Waals surface area contributed by atoms with Gasteiger partial charge in [0.15, 0.2) is 0 Å². The van der Waals surface area contributed by atoms with Gasteiger partial charge in [-0.3, -0.25) is 19.2 Å². The summed E-state index contributed by atoms with van der Waals surface area (Å²) < 4.78 is 3.97. The van der Waals surface area contributed by atoms with Gasteiger partial charge in [0, 0.05) is 27.7 Å². The molecule has 0 aromatic heterocycles. The van der Waals surface area contributed by atoms with Gasteiger partial charge in [0.2, 0.25) is 0 Å². The predicted octanol–water partition coefficient (Wildman–Crippen LogP) is 6.54. The Hall–Kier alpha value is 0.957. The van der Waals surface area contributed by atoms with Crippen LogP contribution in [0.4, 0.5) is 0 Å². The topological polar surface area (TPSA) is 276 Å². The molecule has 0 aromatic carbocycles. The van der Waals surface area contributed by atoms with Crippen molar-refractivity contribution in [2.75, 3.05) is 31.5 Å². The molecule has 0 aliphatic carbocycles. The van der Waals surface area contributed by atoms with Crippen LogP contribution in [0.1, 0.15) is 53.4 Å². The van der Waals surface area contributed by atoms with Gasteiger partial charge >= 0.3 is 82.6 Å². The molecular formula is C17H40Cl6N4O9Pt2. The van der Waals surface area contributed by atoms with Crippen LogP contribution in [0.5, 0.6) is 0 Å². The predicted molar refractivity (Wildman–Crippen MR) is 152 cm³/mol. The molecule has 0 aromatic rings. The van der Waals surface area contributed by atoms with Gasteiger partial charge in [0.25, 0.3) is 11.9 Å². The number of carboxylic acid groups (broad SMARTS) is 2. The van der Waals surface area contributed by atoms with E-state index in [0.717, 1.165) is 39.5 Å². The SMILES string of the molecule is CC(=O)O.CC(=O)O.CC(=O)OC(C)=O.ClCCl.O.O.[Cl][Pt+2][Cl].[Cl][Pt+2][Cl].[NH-]CCCC[NH-].[NH-]CCCC[NH-]. The number of unbranched alkanes of at least 4 members (excludes halogenated alkanes) is 2. The van der Waals surface area contributed by atoms with E-state index in [4.69, 9.17) is 104 Å². The van der Waals surface area contributed by atoms with E-state index in [9.17, 15) is 9.59 Å². The minimum absolute atomic E-state index is 0. The van der Waals surface area contributed by atoms with Crippen LogP contribution in [0.15, 0.2) is 0 Å². The maximum absolute atomic E-state index is 9.81. The minimum Gasteiger partial charge on any atom is -0.677 e. The summed E-state index contributed by atoms with van der Waals surface area (Å²) >= 11 is 8.58. The molecule has 0 heterocycles. The first-order valence-electron chi connectivity index (χ1n) is 9.10. The average molecular weight is 1050 g/mol. The molecule has 0 aliphatic heterocycles. The summed E-state index contributed by atoms with van der Waals surface area (Å²) in [7, 11) is 19.5. The zero-order chi connectivity index (χ0) is 30.8. The third-order valence-electron chi connectivity index (χ3n) is 1.49. The quantitative estimate of drug-likeness (QED) is 0.128. The number of halogens is 6. The molecule has 0 saturated heterocycles. The monoisotopic (exact) mass is 1040 g/mol. The van der Waals surface area contributed by atoms with E-state index in [2.05, 4.69) is 4.74 Å². The zero-order valence-electron chi connectivity index (χ0n) is 21.2. The number of aliphatic carboxylic acids is 2. The second-order valence-corrected chi connectivity index (χ2v) is 12.1. The first-order chi connectivity index (χ1) is 16.7. The molecule has 0 aliphatic rings. The van der Waals surface area contributed by atoms with Crippen LogP contribution >= 0.6 is 60.9 Å². The van der Waals surface area contributed by atoms with Crippen LogP contribution in [0.3, 0.4) is 0 Å². The van der Waals surface area contributed by atoms with Gasteiger partial charge in [-0.25, -0.2) is 0 Å². The molecule has 244 valence electrons. The van der Waals surface area contributed by atoms with E-state index >= 15 is 0 Å². The van der Waals surface area contributed by atoms with Crippen LogP contribution in [0.2, 0.25) is 0 Å². The number of carbonyl (C=O) groups is 4. The molecule has 0 unspecified atom stereocenters. The van der Waals surface area contributed by atoms with E-state index in [1.165, 1.54) is 13.8 Å². The standard InChI is InChI=1S/2C4H10N2.C4H6O3.2C2H4O2.CH2Cl2.4ClH.2H2O.2Pt/c2*5-3-1-2-4-6;1-3(5)7-4(2)6;2*1-2(3)4;2-1-3;;;;;;;;/h2*5-6H,1-4H2;1-2H3;2*1H3,(H,3,4);1H2;4*1H;2*1H2;;/q2*-2;;;;;;;;;;;2*+4/p-4. The Kier molecular flexibility index (Phi) is 147. The van der Waals surface area contributed by atoms with E-state index < -0.39 is 56.8 Å². The Morgan fingerprint density at radius 3 is 0.737 bits per heavy atom. The number of hydrogen-bond donors (Lipinski definition) is 2. The Morgan fingerprint density at radius 1 is 0.605 bits per heavy atom. The van der Waals surface area contributed by atoms with Gasteiger partial charge < -0.3 is 48.8 Å². The van der Waals surface area contributed by atoms with Crippen LogP contribution in [0, 0.1) is 0 Å². The number of alkyl halides is 2. The number of carboxylic acids is 2. The fraction of sp³-hybridized carbons (Fsp3) is 0.765. The number of hydrogen-bond acceptors (Lipinski definition) is 5. The van der Waals surface area contributed by atoms with Crippen LogP contribution < -0.4 is 0 Å². The maximum Gasteiger partial charge on any atom is -0.0741 e. The molecule has 10 N–H and O–H groups in total. The second kappa shape index (κ2) is 83.2. The molecule has 38 heavy (non-hydrogen) atoms. The molecule has 0 amide bonds. The maximum atomic E-state index is 9.81. The van der Waals surface area contributed by atoms with Crippen molar-refractivity contribution in [3.05, 3.63) is 22.9 Å². The van der Waals surface area contributed by atoms with Crippen molar-refractivity contribution in [2.24, 2.45) is 0 Å². The van der Waals surface area contributed by atoms with Gasteiger partial charge in [-0.2, -0.15) is 26.2 Å². The van der Waals surface area contributed by atoms with Gasteiger partial charge in [-0.15, -0.1) is 23.2 Å². The number of ether oxygens (including phenoxy) is 1. The molecule has 21 heteroatoms. The Labute approximate surface area is 268 Å². The van der Waals surface area contributed by atoms with Crippen molar-refractivity contribution >= 4 is 84.8 Å². The summed E-state index contributed by atoms with van der Waals surface area (Å²) in [5, 5.41) is 15.0. The van der Waals surface area contributed by atoms with Gasteiger partial charge in [0.1, 0.15) is 0 Å². The first kappa shape index (κ1) is 66.9. The summed E-state index contributed by atoms with van der Waals surface area (Å²) in [6.45, 7) is 6.47. The van der Waals surface area contributed by atoms with Crippen LogP contribution in [-0.4, -0.2) is 76.6 Å². The molecule has 13 nitrogen and oxygen atoms in total. The van der Waals surface area contributed by atoms with E-state index in [0.29, 0.717) is 26.2 Å². The Morgan fingerprint density at radius 2 is 0.711 bits per heavy atom. The summed E-state index contributed by atoms with van der Waals surface area (Å²) in [4.78, 5) is 37.6. The molecule has 0 saturated carbocycles. The van der Waals surface area contributed by atoms with Crippen LogP contribution in [0.25, 0.3) is 22.9 Å². The fourth-order valence-electron chi connectivity index (χ4n) is 0.702. The molecule has 0 bridgehead atoms.